The molecule has 1 heterocycles. The predicted molar refractivity (Wildman–Crippen MR) is 68.2 cm³/mol. The molecule has 0 unspecified atom stereocenters. The van der Waals surface area contributed by atoms with E-state index < -0.39 is 22.1 Å². The van der Waals surface area contributed by atoms with Gasteiger partial charge in [-0.2, -0.15) is 8.42 Å². The highest BCUT2D eigenvalue weighted by atomic mass is 32.2. The van der Waals surface area contributed by atoms with E-state index in [1.54, 1.807) is 6.92 Å². The minimum Gasteiger partial charge on any atom is -0.386 e. The Balaban J connectivity index is 2.62. The second kappa shape index (κ2) is 3.87. The van der Waals surface area contributed by atoms with Gasteiger partial charge >= 0.3 is 11.9 Å². The molecule has 7 heteroatoms. The van der Waals surface area contributed by atoms with E-state index in [4.69, 9.17) is 0 Å². The van der Waals surface area contributed by atoms with Crippen LogP contribution in [-0.4, -0.2) is 24.9 Å². The van der Waals surface area contributed by atoms with Crippen molar-refractivity contribution in [2.24, 2.45) is 0 Å². The van der Waals surface area contributed by atoms with E-state index in [2.05, 4.69) is 4.74 Å². The van der Waals surface area contributed by atoms with Gasteiger partial charge in [0.25, 0.3) is 10.1 Å². The van der Waals surface area contributed by atoms with Crippen LogP contribution in [0.5, 0.6) is 0 Å². The lowest BCUT2D eigenvalue weighted by molar-refractivity contribution is 0.0391. The van der Waals surface area contributed by atoms with Crippen LogP contribution in [0.4, 0.5) is 0 Å². The van der Waals surface area contributed by atoms with E-state index in [0.29, 0.717) is 5.56 Å². The van der Waals surface area contributed by atoms with E-state index in [1.165, 1.54) is 18.2 Å². The predicted octanol–water partition coefficient (Wildman–Crippen LogP) is 1.71. The Morgan fingerprint density at radius 3 is 2.05 bits per heavy atom. The van der Waals surface area contributed by atoms with E-state index >= 15 is 0 Å². The normalized spacial score (nSPS) is 14.5. The zero-order valence-corrected chi connectivity index (χ0v) is 11.0. The number of cyclic esters (lactones) is 2. The van der Waals surface area contributed by atoms with Crippen LogP contribution in [0, 0.1) is 6.92 Å². The minimum absolute atomic E-state index is 0.103. The van der Waals surface area contributed by atoms with Crippen LogP contribution in [0.15, 0.2) is 29.2 Å². The molecule has 2 aromatic rings. The Bertz CT molecular complexity index is 874. The fraction of sp³-hybridized carbons (Fsp3) is 0.0769. The molecule has 6 nitrogen and oxygen atoms in total. The number of hydrogen-bond donors (Lipinski definition) is 1. The third-order valence-electron chi connectivity index (χ3n) is 3.23. The highest BCUT2D eigenvalue weighted by Gasteiger charge is 2.30. The molecule has 0 bridgehead atoms. The maximum absolute atomic E-state index is 11.7. The molecule has 1 N–H and O–H groups in total. The Labute approximate surface area is 113 Å². The first kappa shape index (κ1) is 12.8. The van der Waals surface area contributed by atoms with Gasteiger partial charge in [-0.1, -0.05) is 6.07 Å². The molecule has 20 heavy (non-hydrogen) atoms. The molecular formula is C13H8O6S. The van der Waals surface area contributed by atoms with Crippen LogP contribution in [-0.2, 0) is 14.9 Å². The molecular weight excluding hydrogens is 284 g/mol. The quantitative estimate of drug-likeness (QED) is 0.488. The number of carbonyl (C=O) groups excluding carboxylic acids is 2. The largest absolute Gasteiger partial charge is 0.386 e. The summed E-state index contributed by atoms with van der Waals surface area (Å²) >= 11 is 0. The summed E-state index contributed by atoms with van der Waals surface area (Å²) in [5, 5.41) is 0.355. The summed E-state index contributed by atoms with van der Waals surface area (Å²) in [4.78, 5) is 23.1. The van der Waals surface area contributed by atoms with Crippen molar-refractivity contribution in [2.75, 3.05) is 0 Å². The topological polar surface area (TPSA) is 97.7 Å². The number of rotatable bonds is 1. The molecule has 0 atom stereocenters. The molecule has 1 aliphatic rings. The second-order valence-corrected chi connectivity index (χ2v) is 5.83. The Morgan fingerprint density at radius 1 is 0.950 bits per heavy atom. The van der Waals surface area contributed by atoms with E-state index in [0.717, 1.165) is 6.07 Å². The van der Waals surface area contributed by atoms with Crippen molar-refractivity contribution in [1.82, 2.24) is 0 Å². The van der Waals surface area contributed by atoms with Crippen molar-refractivity contribution in [3.8, 4) is 0 Å². The number of esters is 2. The second-order valence-electron chi connectivity index (χ2n) is 4.44. The van der Waals surface area contributed by atoms with Crippen LogP contribution >= 0.6 is 0 Å². The van der Waals surface area contributed by atoms with E-state index in [1.807, 2.05) is 0 Å². The third-order valence-corrected chi connectivity index (χ3v) is 4.13. The van der Waals surface area contributed by atoms with Crippen molar-refractivity contribution in [2.45, 2.75) is 11.8 Å². The van der Waals surface area contributed by atoms with Gasteiger partial charge in [0.2, 0.25) is 0 Å². The summed E-state index contributed by atoms with van der Waals surface area (Å²) in [6.45, 7) is 1.63. The molecule has 0 saturated heterocycles. The van der Waals surface area contributed by atoms with Crippen LogP contribution in [0.1, 0.15) is 26.3 Å². The average Bonchev–Trinajstić information content (AvgIpc) is 2.35. The van der Waals surface area contributed by atoms with Crippen LogP contribution in [0.25, 0.3) is 10.8 Å². The fourth-order valence-corrected chi connectivity index (χ4v) is 3.14. The van der Waals surface area contributed by atoms with E-state index in [9.17, 15) is 22.6 Å². The molecule has 0 fully saturated rings. The highest BCUT2D eigenvalue weighted by molar-refractivity contribution is 7.86. The molecule has 0 radical (unpaired) electrons. The van der Waals surface area contributed by atoms with Crippen molar-refractivity contribution in [1.29, 1.82) is 0 Å². The van der Waals surface area contributed by atoms with Crippen molar-refractivity contribution in [3.05, 3.63) is 41.0 Å². The molecule has 0 aromatic heterocycles. The van der Waals surface area contributed by atoms with Gasteiger partial charge in [-0.3, -0.25) is 4.55 Å². The first-order valence-electron chi connectivity index (χ1n) is 5.61. The molecule has 0 spiro atoms. The number of hydrogen-bond acceptors (Lipinski definition) is 5. The average molecular weight is 292 g/mol. The maximum atomic E-state index is 11.7. The minimum atomic E-state index is -4.47. The molecule has 3 rings (SSSR count). The van der Waals surface area contributed by atoms with Gasteiger partial charge in [0.15, 0.2) is 0 Å². The lowest BCUT2D eigenvalue weighted by atomic mass is 9.94. The number of carbonyl (C=O) groups is 2. The summed E-state index contributed by atoms with van der Waals surface area (Å²) in [7, 11) is -4.47. The standard InChI is InChI=1S/C13H8O6S/c1-6-2-3-7-11-8(13(15)19-12(7)14)4-5-9(10(6)11)20(16,17)18/h2-5H,1H3,(H,16,17,18). The number of aryl methyl sites for hydroxylation is 1. The zero-order chi connectivity index (χ0) is 14.7. The Hall–Kier alpha value is -2.25. The summed E-state index contributed by atoms with van der Waals surface area (Å²) in [5.41, 5.74) is 0.733. The molecule has 102 valence electrons. The van der Waals surface area contributed by atoms with Gasteiger partial charge in [-0.05, 0) is 30.7 Å². The first-order valence-corrected chi connectivity index (χ1v) is 7.05. The molecule has 1 aliphatic heterocycles. The third kappa shape index (κ3) is 1.64. The van der Waals surface area contributed by atoms with E-state index in [-0.39, 0.29) is 26.8 Å². The molecule has 0 aliphatic carbocycles. The van der Waals surface area contributed by atoms with Gasteiger partial charge in [0, 0.05) is 10.8 Å². The van der Waals surface area contributed by atoms with Crippen LogP contribution in [0.3, 0.4) is 0 Å². The highest BCUT2D eigenvalue weighted by Crippen LogP contribution is 2.34. The lowest BCUT2D eigenvalue weighted by Gasteiger charge is -2.18. The summed E-state index contributed by atoms with van der Waals surface area (Å²) < 4.78 is 36.8. The van der Waals surface area contributed by atoms with Gasteiger partial charge in [0.1, 0.15) is 4.90 Å². The Kier molecular flexibility index (Phi) is 2.47. The molecule has 0 saturated carbocycles. The zero-order valence-electron chi connectivity index (χ0n) is 10.2. The SMILES string of the molecule is Cc1ccc2c3c(ccc(S(=O)(=O)O)c13)C(=O)OC2=O. The van der Waals surface area contributed by atoms with Gasteiger partial charge in [0.05, 0.1) is 11.1 Å². The molecule has 0 amide bonds. The van der Waals surface area contributed by atoms with Gasteiger partial charge in [-0.15, -0.1) is 0 Å². The van der Waals surface area contributed by atoms with Crippen molar-refractivity contribution < 1.29 is 27.3 Å². The monoisotopic (exact) mass is 292 g/mol. The maximum Gasteiger partial charge on any atom is 0.346 e. The van der Waals surface area contributed by atoms with Crippen molar-refractivity contribution >= 4 is 32.8 Å². The van der Waals surface area contributed by atoms with Crippen LogP contribution in [0.2, 0.25) is 0 Å². The summed E-state index contributed by atoms with van der Waals surface area (Å²) in [5.74, 6) is -1.67. The van der Waals surface area contributed by atoms with Gasteiger partial charge in [-0.25, -0.2) is 9.59 Å². The molecule has 2 aromatic carbocycles. The number of benzene rings is 2. The Morgan fingerprint density at radius 2 is 1.50 bits per heavy atom. The number of ether oxygens (including phenoxy) is 1. The smallest absolute Gasteiger partial charge is 0.346 e. The first-order chi connectivity index (χ1) is 9.30. The summed E-state index contributed by atoms with van der Waals surface area (Å²) in [6, 6.07) is 5.35. The summed E-state index contributed by atoms with van der Waals surface area (Å²) in [6.07, 6.45) is 0. The van der Waals surface area contributed by atoms with Crippen molar-refractivity contribution in [3.63, 3.8) is 0 Å². The van der Waals surface area contributed by atoms with Gasteiger partial charge < -0.3 is 4.74 Å². The lowest BCUT2D eigenvalue weighted by Crippen LogP contribution is -2.20. The fourth-order valence-electron chi connectivity index (χ4n) is 2.38. The van der Waals surface area contributed by atoms with Crippen LogP contribution < -0.4 is 0 Å².